The summed E-state index contributed by atoms with van der Waals surface area (Å²) in [5, 5.41) is 6.30. The second-order valence-corrected chi connectivity index (χ2v) is 4.93. The molecule has 1 aliphatic carbocycles. The van der Waals surface area contributed by atoms with E-state index in [1.165, 1.54) is 17.5 Å². The Labute approximate surface area is 109 Å². The van der Waals surface area contributed by atoms with Crippen molar-refractivity contribution in [1.29, 1.82) is 0 Å². The Morgan fingerprint density at radius 2 is 2.22 bits per heavy atom. The van der Waals surface area contributed by atoms with Gasteiger partial charge in [0, 0.05) is 12.6 Å². The number of benzene rings is 1. The number of amides is 1. The van der Waals surface area contributed by atoms with E-state index in [0.717, 1.165) is 12.8 Å². The van der Waals surface area contributed by atoms with Gasteiger partial charge in [-0.25, -0.2) is 0 Å². The van der Waals surface area contributed by atoms with E-state index in [1.807, 2.05) is 13.8 Å². The van der Waals surface area contributed by atoms with Gasteiger partial charge in [-0.15, -0.1) is 0 Å². The number of likely N-dealkylation sites (N-methyl/N-ethyl adjacent to an activating group) is 1. The summed E-state index contributed by atoms with van der Waals surface area (Å²) in [4.78, 5) is 11.8. The van der Waals surface area contributed by atoms with E-state index in [0.29, 0.717) is 12.6 Å². The second kappa shape index (κ2) is 6.01. The molecule has 2 N–H and O–H groups in total. The molecule has 0 unspecified atom stereocenters. The van der Waals surface area contributed by atoms with Gasteiger partial charge in [0.05, 0.1) is 6.04 Å². The quantitative estimate of drug-likeness (QED) is 0.855. The number of fused-ring (bicyclic) bond motifs is 1. The topological polar surface area (TPSA) is 41.1 Å². The third kappa shape index (κ3) is 2.91. The molecule has 0 radical (unpaired) electrons. The van der Waals surface area contributed by atoms with E-state index in [4.69, 9.17) is 0 Å². The van der Waals surface area contributed by atoms with Gasteiger partial charge in [-0.05, 0) is 44.2 Å². The van der Waals surface area contributed by atoms with Crippen LogP contribution in [0.25, 0.3) is 0 Å². The minimum atomic E-state index is -0.138. The number of carbonyl (C=O) groups is 1. The van der Waals surface area contributed by atoms with Gasteiger partial charge in [0.25, 0.3) is 0 Å². The number of nitrogens with one attached hydrogen (secondary N) is 2. The molecular weight excluding hydrogens is 224 g/mol. The molecule has 1 amide bonds. The van der Waals surface area contributed by atoms with E-state index in [-0.39, 0.29) is 11.9 Å². The highest BCUT2D eigenvalue weighted by atomic mass is 16.2. The Hall–Kier alpha value is -1.35. The van der Waals surface area contributed by atoms with Crippen LogP contribution in [-0.2, 0) is 11.2 Å². The van der Waals surface area contributed by atoms with Crippen LogP contribution in [0.5, 0.6) is 0 Å². The second-order valence-electron chi connectivity index (χ2n) is 4.93. The van der Waals surface area contributed by atoms with Crippen LogP contribution in [0.4, 0.5) is 0 Å². The Morgan fingerprint density at radius 3 is 3.00 bits per heavy atom. The fraction of sp³-hybridized carbons (Fsp3) is 0.533. The predicted molar refractivity (Wildman–Crippen MR) is 73.4 cm³/mol. The summed E-state index contributed by atoms with van der Waals surface area (Å²) in [5.74, 6) is 0.0838. The van der Waals surface area contributed by atoms with E-state index < -0.39 is 0 Å². The van der Waals surface area contributed by atoms with Crippen LogP contribution in [0.2, 0.25) is 0 Å². The van der Waals surface area contributed by atoms with Crippen molar-refractivity contribution in [2.45, 2.75) is 45.2 Å². The first-order chi connectivity index (χ1) is 8.72. The Morgan fingerprint density at radius 1 is 1.44 bits per heavy atom. The van der Waals surface area contributed by atoms with Crippen LogP contribution in [0.3, 0.4) is 0 Å². The number of rotatable bonds is 4. The highest BCUT2D eigenvalue weighted by Crippen LogP contribution is 2.29. The fourth-order valence-corrected chi connectivity index (χ4v) is 2.63. The molecule has 0 saturated heterocycles. The summed E-state index contributed by atoms with van der Waals surface area (Å²) < 4.78 is 0. The Bertz CT molecular complexity index is 417. The van der Waals surface area contributed by atoms with E-state index >= 15 is 0 Å². The van der Waals surface area contributed by atoms with Crippen molar-refractivity contribution >= 4 is 5.91 Å². The predicted octanol–water partition coefficient (Wildman–Crippen LogP) is 2.18. The zero-order chi connectivity index (χ0) is 13.0. The largest absolute Gasteiger partial charge is 0.355 e. The zero-order valence-electron chi connectivity index (χ0n) is 11.2. The molecule has 0 aliphatic heterocycles. The van der Waals surface area contributed by atoms with Crippen LogP contribution in [0, 0.1) is 0 Å². The van der Waals surface area contributed by atoms with Gasteiger partial charge < -0.3 is 5.32 Å². The van der Waals surface area contributed by atoms with Crippen molar-refractivity contribution in [3.05, 3.63) is 35.4 Å². The molecule has 1 aliphatic rings. The number of hydrogen-bond donors (Lipinski definition) is 2. The van der Waals surface area contributed by atoms with E-state index in [9.17, 15) is 4.79 Å². The highest BCUT2D eigenvalue weighted by Gasteiger charge is 2.23. The first-order valence-corrected chi connectivity index (χ1v) is 6.84. The van der Waals surface area contributed by atoms with Crippen LogP contribution in [-0.4, -0.2) is 18.5 Å². The molecule has 1 aromatic rings. The van der Waals surface area contributed by atoms with Gasteiger partial charge in [0.1, 0.15) is 0 Å². The molecule has 0 spiro atoms. The van der Waals surface area contributed by atoms with E-state index in [2.05, 4.69) is 34.9 Å². The molecule has 3 heteroatoms. The van der Waals surface area contributed by atoms with Crippen LogP contribution in [0.15, 0.2) is 24.3 Å². The lowest BCUT2D eigenvalue weighted by molar-refractivity contribution is -0.122. The van der Waals surface area contributed by atoms with Gasteiger partial charge in [-0.2, -0.15) is 0 Å². The molecule has 0 aromatic heterocycles. The average molecular weight is 246 g/mol. The third-order valence-electron chi connectivity index (χ3n) is 3.56. The molecule has 0 saturated carbocycles. The van der Waals surface area contributed by atoms with Crippen molar-refractivity contribution in [1.82, 2.24) is 10.6 Å². The number of aryl methyl sites for hydroxylation is 1. The lowest BCUT2D eigenvalue weighted by Gasteiger charge is -2.28. The number of carbonyl (C=O) groups excluding carboxylic acids is 1. The molecule has 0 fully saturated rings. The summed E-state index contributed by atoms with van der Waals surface area (Å²) in [5.41, 5.74) is 2.78. The molecule has 18 heavy (non-hydrogen) atoms. The zero-order valence-corrected chi connectivity index (χ0v) is 11.2. The summed E-state index contributed by atoms with van der Waals surface area (Å²) >= 11 is 0. The lowest BCUT2D eigenvalue weighted by Crippen LogP contribution is -2.44. The van der Waals surface area contributed by atoms with Gasteiger partial charge >= 0.3 is 0 Å². The van der Waals surface area contributed by atoms with Crippen molar-refractivity contribution in [3.63, 3.8) is 0 Å². The van der Waals surface area contributed by atoms with Gasteiger partial charge in [-0.1, -0.05) is 24.3 Å². The number of hydrogen-bond acceptors (Lipinski definition) is 2. The molecule has 2 rings (SSSR count). The normalized spacial score (nSPS) is 20.0. The molecular formula is C15H22N2O. The van der Waals surface area contributed by atoms with Crippen molar-refractivity contribution in [2.75, 3.05) is 6.54 Å². The van der Waals surface area contributed by atoms with Crippen molar-refractivity contribution in [2.24, 2.45) is 0 Å². The maximum atomic E-state index is 11.8. The molecule has 0 bridgehead atoms. The third-order valence-corrected chi connectivity index (χ3v) is 3.56. The average Bonchev–Trinajstić information content (AvgIpc) is 2.39. The SMILES string of the molecule is CCNC(=O)[C@H](C)N[C@@H]1CCCc2ccccc21. The summed E-state index contributed by atoms with van der Waals surface area (Å²) in [6.07, 6.45) is 3.46. The minimum Gasteiger partial charge on any atom is -0.355 e. The van der Waals surface area contributed by atoms with Crippen LogP contribution >= 0.6 is 0 Å². The van der Waals surface area contributed by atoms with Crippen molar-refractivity contribution in [3.8, 4) is 0 Å². The monoisotopic (exact) mass is 246 g/mol. The van der Waals surface area contributed by atoms with Crippen LogP contribution in [0.1, 0.15) is 43.9 Å². The Balaban J connectivity index is 2.05. The summed E-state index contributed by atoms with van der Waals surface area (Å²) in [6, 6.07) is 8.72. The molecule has 0 heterocycles. The minimum absolute atomic E-state index is 0.0838. The fourth-order valence-electron chi connectivity index (χ4n) is 2.63. The molecule has 98 valence electrons. The molecule has 1 aromatic carbocycles. The van der Waals surface area contributed by atoms with Gasteiger partial charge in [-0.3, -0.25) is 10.1 Å². The smallest absolute Gasteiger partial charge is 0.236 e. The first kappa shape index (κ1) is 13.1. The molecule has 3 nitrogen and oxygen atoms in total. The van der Waals surface area contributed by atoms with E-state index in [1.54, 1.807) is 0 Å². The maximum Gasteiger partial charge on any atom is 0.236 e. The van der Waals surface area contributed by atoms with Crippen LogP contribution < -0.4 is 10.6 Å². The standard InChI is InChI=1S/C15H22N2O/c1-3-16-15(18)11(2)17-14-10-6-8-12-7-4-5-9-13(12)14/h4-5,7,9,11,14,17H,3,6,8,10H2,1-2H3,(H,16,18)/t11-,14+/m0/s1. The van der Waals surface area contributed by atoms with Gasteiger partial charge in [0.15, 0.2) is 0 Å². The first-order valence-electron chi connectivity index (χ1n) is 6.84. The molecule has 2 atom stereocenters. The summed E-state index contributed by atoms with van der Waals surface area (Å²) in [6.45, 7) is 4.56. The van der Waals surface area contributed by atoms with Crippen molar-refractivity contribution < 1.29 is 4.79 Å². The lowest BCUT2D eigenvalue weighted by atomic mass is 9.87. The Kier molecular flexibility index (Phi) is 4.37. The van der Waals surface area contributed by atoms with Gasteiger partial charge in [0.2, 0.25) is 5.91 Å². The summed E-state index contributed by atoms with van der Waals surface area (Å²) in [7, 11) is 0. The highest BCUT2D eigenvalue weighted by molar-refractivity contribution is 5.81. The maximum absolute atomic E-state index is 11.8.